The predicted octanol–water partition coefficient (Wildman–Crippen LogP) is 4.17. The van der Waals surface area contributed by atoms with E-state index in [0.29, 0.717) is 32.7 Å². The van der Waals surface area contributed by atoms with Gasteiger partial charge in [0.2, 0.25) is 5.82 Å². The van der Waals surface area contributed by atoms with E-state index in [-0.39, 0.29) is 5.89 Å². The lowest BCUT2D eigenvalue weighted by Gasteiger charge is -2.06. The standard InChI is InChI=1S/C16H10Cl2N2O4/c17-9-5-6-10(12(18)7-9)15-19-16(24-20-15)11-3-1-2-4-13(11)23-8-14(21)22/h1-7H,8H2,(H,21,22). The highest BCUT2D eigenvalue weighted by Gasteiger charge is 2.17. The number of carbonyl (C=O) groups is 1. The number of rotatable bonds is 5. The van der Waals surface area contributed by atoms with Gasteiger partial charge < -0.3 is 14.4 Å². The van der Waals surface area contributed by atoms with Gasteiger partial charge in [-0.1, -0.05) is 40.5 Å². The maximum absolute atomic E-state index is 10.7. The number of nitrogens with zero attached hydrogens (tertiary/aromatic N) is 2. The first-order valence-corrected chi connectivity index (χ1v) is 7.53. The molecule has 0 spiro atoms. The van der Waals surface area contributed by atoms with E-state index in [0.717, 1.165) is 0 Å². The van der Waals surface area contributed by atoms with Crippen LogP contribution in [0, 0.1) is 0 Å². The number of carboxylic acid groups (broad SMARTS) is 1. The highest BCUT2D eigenvalue weighted by Crippen LogP contribution is 2.33. The predicted molar refractivity (Wildman–Crippen MR) is 88.3 cm³/mol. The molecule has 0 radical (unpaired) electrons. The fourth-order valence-corrected chi connectivity index (χ4v) is 2.51. The molecular weight excluding hydrogens is 355 g/mol. The van der Waals surface area contributed by atoms with Crippen molar-refractivity contribution in [2.75, 3.05) is 6.61 Å². The van der Waals surface area contributed by atoms with E-state index in [2.05, 4.69) is 10.1 Å². The molecule has 0 aliphatic rings. The summed E-state index contributed by atoms with van der Waals surface area (Å²) in [5.74, 6) is -0.266. The average molecular weight is 365 g/mol. The van der Waals surface area contributed by atoms with Crippen LogP contribution in [0.3, 0.4) is 0 Å². The molecule has 1 heterocycles. The van der Waals surface area contributed by atoms with Crippen LogP contribution in [0.4, 0.5) is 0 Å². The molecule has 6 nitrogen and oxygen atoms in total. The molecule has 3 aromatic rings. The lowest BCUT2D eigenvalue weighted by Crippen LogP contribution is -2.09. The summed E-state index contributed by atoms with van der Waals surface area (Å²) in [4.78, 5) is 15.0. The van der Waals surface area contributed by atoms with Gasteiger partial charge in [0, 0.05) is 10.6 Å². The molecule has 0 unspecified atom stereocenters. The van der Waals surface area contributed by atoms with E-state index in [4.69, 9.17) is 37.6 Å². The van der Waals surface area contributed by atoms with Crippen molar-refractivity contribution in [1.29, 1.82) is 0 Å². The average Bonchev–Trinajstić information content (AvgIpc) is 3.02. The Bertz CT molecular complexity index is 895. The van der Waals surface area contributed by atoms with Gasteiger partial charge in [-0.3, -0.25) is 0 Å². The van der Waals surface area contributed by atoms with Gasteiger partial charge >= 0.3 is 5.97 Å². The third-order valence-electron chi connectivity index (χ3n) is 3.07. The second kappa shape index (κ2) is 6.90. The first-order chi connectivity index (χ1) is 11.5. The van der Waals surface area contributed by atoms with Crippen molar-refractivity contribution in [1.82, 2.24) is 10.1 Å². The maximum atomic E-state index is 10.7. The van der Waals surface area contributed by atoms with Crippen molar-refractivity contribution in [3.8, 4) is 28.6 Å². The molecule has 0 atom stereocenters. The van der Waals surface area contributed by atoms with Crippen molar-refractivity contribution in [3.63, 3.8) is 0 Å². The first kappa shape index (κ1) is 16.3. The van der Waals surface area contributed by atoms with Crippen LogP contribution in [-0.4, -0.2) is 27.8 Å². The molecule has 0 saturated carbocycles. The number of hydrogen-bond acceptors (Lipinski definition) is 5. The summed E-state index contributed by atoms with van der Waals surface area (Å²) < 4.78 is 10.5. The zero-order valence-electron chi connectivity index (χ0n) is 12.1. The van der Waals surface area contributed by atoms with E-state index in [1.165, 1.54) is 0 Å². The molecule has 2 aromatic carbocycles. The number of aliphatic carboxylic acids is 1. The summed E-state index contributed by atoms with van der Waals surface area (Å²) in [6, 6.07) is 11.7. The maximum Gasteiger partial charge on any atom is 0.341 e. The van der Waals surface area contributed by atoms with Gasteiger partial charge in [0.15, 0.2) is 6.61 Å². The van der Waals surface area contributed by atoms with Crippen molar-refractivity contribution >= 4 is 29.2 Å². The zero-order valence-corrected chi connectivity index (χ0v) is 13.6. The van der Waals surface area contributed by atoms with E-state index < -0.39 is 12.6 Å². The second-order valence-corrected chi connectivity index (χ2v) is 5.57. The Hall–Kier alpha value is -2.57. The summed E-state index contributed by atoms with van der Waals surface area (Å²) in [6.45, 7) is -0.471. The van der Waals surface area contributed by atoms with E-state index in [9.17, 15) is 4.79 Å². The Balaban J connectivity index is 1.95. The first-order valence-electron chi connectivity index (χ1n) is 6.77. The molecule has 3 rings (SSSR count). The van der Waals surface area contributed by atoms with Crippen molar-refractivity contribution in [3.05, 3.63) is 52.5 Å². The van der Waals surface area contributed by atoms with E-state index >= 15 is 0 Å². The largest absolute Gasteiger partial charge is 0.481 e. The molecule has 0 saturated heterocycles. The SMILES string of the molecule is O=C(O)COc1ccccc1-c1nc(-c2ccc(Cl)cc2Cl)no1. The molecule has 0 bridgehead atoms. The van der Waals surface area contributed by atoms with E-state index in [1.54, 1.807) is 42.5 Å². The van der Waals surface area contributed by atoms with Crippen LogP contribution in [0.1, 0.15) is 0 Å². The third kappa shape index (κ3) is 3.50. The Morgan fingerprint density at radius 2 is 1.96 bits per heavy atom. The van der Waals surface area contributed by atoms with E-state index in [1.807, 2.05) is 0 Å². The van der Waals surface area contributed by atoms with Crippen LogP contribution in [0.5, 0.6) is 5.75 Å². The fraction of sp³-hybridized carbons (Fsp3) is 0.0625. The third-order valence-corrected chi connectivity index (χ3v) is 3.61. The van der Waals surface area contributed by atoms with Crippen LogP contribution >= 0.6 is 23.2 Å². The molecule has 0 amide bonds. The number of hydrogen-bond donors (Lipinski definition) is 1. The summed E-state index contributed by atoms with van der Waals surface area (Å²) in [5, 5.41) is 13.5. The summed E-state index contributed by atoms with van der Waals surface area (Å²) in [7, 11) is 0. The zero-order chi connectivity index (χ0) is 17.1. The quantitative estimate of drug-likeness (QED) is 0.730. The van der Waals surface area contributed by atoms with Crippen molar-refractivity contribution < 1.29 is 19.2 Å². The Morgan fingerprint density at radius 3 is 2.71 bits per heavy atom. The van der Waals surface area contributed by atoms with Crippen LogP contribution in [0.15, 0.2) is 47.0 Å². The monoisotopic (exact) mass is 364 g/mol. The van der Waals surface area contributed by atoms with Gasteiger partial charge in [-0.2, -0.15) is 4.98 Å². The highest BCUT2D eigenvalue weighted by atomic mass is 35.5. The molecule has 0 fully saturated rings. The van der Waals surface area contributed by atoms with Gasteiger partial charge in [-0.15, -0.1) is 0 Å². The number of benzene rings is 2. The minimum absolute atomic E-state index is 0.192. The molecule has 0 aliphatic heterocycles. The van der Waals surface area contributed by atoms with Gasteiger partial charge in [-0.25, -0.2) is 4.79 Å². The molecule has 1 N–H and O–H groups in total. The van der Waals surface area contributed by atoms with Crippen LogP contribution in [0.2, 0.25) is 10.0 Å². The summed E-state index contributed by atoms with van der Waals surface area (Å²) in [5.41, 5.74) is 1.06. The summed E-state index contributed by atoms with van der Waals surface area (Å²) >= 11 is 12.0. The lowest BCUT2D eigenvalue weighted by molar-refractivity contribution is -0.139. The number of halogens is 2. The summed E-state index contributed by atoms with van der Waals surface area (Å²) in [6.07, 6.45) is 0. The van der Waals surface area contributed by atoms with Gasteiger partial charge in [0.1, 0.15) is 5.75 Å². The Kier molecular flexibility index (Phi) is 4.69. The van der Waals surface area contributed by atoms with Crippen LogP contribution in [0.25, 0.3) is 22.8 Å². The van der Waals surface area contributed by atoms with Crippen molar-refractivity contribution in [2.24, 2.45) is 0 Å². The minimum atomic E-state index is -1.08. The molecule has 1 aromatic heterocycles. The van der Waals surface area contributed by atoms with Gasteiger partial charge in [0.25, 0.3) is 5.89 Å². The number of para-hydroxylation sites is 1. The molecule has 122 valence electrons. The topological polar surface area (TPSA) is 85.5 Å². The van der Waals surface area contributed by atoms with Crippen molar-refractivity contribution in [2.45, 2.75) is 0 Å². The number of ether oxygens (including phenoxy) is 1. The smallest absolute Gasteiger partial charge is 0.341 e. The number of aromatic nitrogens is 2. The van der Waals surface area contributed by atoms with Gasteiger partial charge in [0.05, 0.1) is 10.6 Å². The van der Waals surface area contributed by atoms with Crippen LogP contribution < -0.4 is 4.74 Å². The fourth-order valence-electron chi connectivity index (χ4n) is 2.02. The Morgan fingerprint density at radius 1 is 1.17 bits per heavy atom. The van der Waals surface area contributed by atoms with Gasteiger partial charge in [-0.05, 0) is 30.3 Å². The molecule has 24 heavy (non-hydrogen) atoms. The molecule has 8 heteroatoms. The Labute approximate surface area is 146 Å². The molecule has 0 aliphatic carbocycles. The number of carboxylic acids is 1. The lowest BCUT2D eigenvalue weighted by atomic mass is 10.2. The highest BCUT2D eigenvalue weighted by molar-refractivity contribution is 6.36. The normalized spacial score (nSPS) is 10.6. The minimum Gasteiger partial charge on any atom is -0.481 e. The second-order valence-electron chi connectivity index (χ2n) is 4.73. The molecular formula is C16H10Cl2N2O4. The van der Waals surface area contributed by atoms with Crippen LogP contribution in [-0.2, 0) is 4.79 Å².